The standard InChI is InChI=1S/C38H37N5O13/c39-37-41-34-27(35(52)42-37)40-17-43(34)24-8-4-1-5-18(24)13-19-14-23-26(29(49)22-7-3-2-6-21(22)28(23)48)32(54-16-20(47)9-11-44)31(19)56-36-38(53,10-12-45)33(51)30(50)25(15-46)55-36/h1-8,11,14,20,25,30,33,36,45-47,50-51,53H,9-10,12-13,15-17H2,(H2,39,42,52)/t20-,25+,30+,33-,36-,38+/m1/s1. The van der Waals surface area contributed by atoms with Gasteiger partial charge in [-0.2, -0.15) is 9.98 Å². The van der Waals surface area contributed by atoms with E-state index in [0.29, 0.717) is 17.5 Å². The van der Waals surface area contributed by atoms with Crippen molar-refractivity contribution in [3.8, 4) is 11.5 Å². The molecule has 1 aliphatic carbocycles. The number of guanidine groups is 1. The van der Waals surface area contributed by atoms with Crippen LogP contribution in [-0.2, 0) is 20.7 Å². The number of hydrogen-bond donors (Lipinski definition) is 7. The van der Waals surface area contributed by atoms with Gasteiger partial charge in [-0.1, -0.05) is 42.5 Å². The number of aldehydes is 1. The molecule has 6 atom stereocenters. The van der Waals surface area contributed by atoms with E-state index in [-0.39, 0.29) is 76.3 Å². The molecule has 3 heterocycles. The fourth-order valence-corrected chi connectivity index (χ4v) is 7.14. The van der Waals surface area contributed by atoms with Gasteiger partial charge in [-0.3, -0.25) is 19.4 Å². The highest BCUT2D eigenvalue weighted by Gasteiger charge is 2.56. The molecule has 3 aromatic rings. The van der Waals surface area contributed by atoms with Crippen LogP contribution < -0.4 is 20.1 Å². The first kappa shape index (κ1) is 38.5. The number of nitrogens with two attached hydrogens (primary N) is 1. The van der Waals surface area contributed by atoms with Gasteiger partial charge < -0.3 is 60.3 Å². The number of aliphatic hydroxyl groups excluding tert-OH is 5. The number of rotatable bonds is 13. The van der Waals surface area contributed by atoms with Gasteiger partial charge in [0.05, 0.1) is 18.3 Å². The molecule has 8 N–H and O–H groups in total. The Hall–Kier alpha value is -5.73. The molecule has 0 bridgehead atoms. The van der Waals surface area contributed by atoms with Crippen molar-refractivity contribution in [1.29, 1.82) is 0 Å². The normalized spacial score (nSPS) is 24.7. The number of amides is 1. The number of carbonyl (C=O) groups excluding carboxylic acids is 4. The molecule has 1 amide bonds. The Morgan fingerprint density at radius 2 is 1.70 bits per heavy atom. The van der Waals surface area contributed by atoms with Gasteiger partial charge in [0.1, 0.15) is 37.9 Å². The van der Waals surface area contributed by atoms with Crippen molar-refractivity contribution in [1.82, 2.24) is 0 Å². The first-order chi connectivity index (χ1) is 26.9. The number of para-hydroxylation sites is 1. The fraction of sp³-hybridized carbons (Fsp3) is 0.342. The third kappa shape index (κ3) is 6.66. The smallest absolute Gasteiger partial charge is 0.302 e. The SMILES string of the molecule is NC1=NC(=O)C2=NCN(c3ccccc3Cc3cc4c(c(OC[C@H](O)CC=O)c3O[C@H]3O[C@@H](CO)[C@H](O)[C@@H](O)[C@@]3(O)CCO)C(=O)c3ccccc3C4=O)C2=N1. The molecule has 0 aromatic heterocycles. The molecule has 1 saturated heterocycles. The summed E-state index contributed by atoms with van der Waals surface area (Å²) in [5.74, 6) is -2.71. The number of nitrogens with zero attached hydrogens (tertiary/aromatic N) is 4. The molecule has 0 unspecified atom stereocenters. The average molecular weight is 772 g/mol. The zero-order valence-electron chi connectivity index (χ0n) is 29.5. The Morgan fingerprint density at radius 1 is 0.982 bits per heavy atom. The van der Waals surface area contributed by atoms with Crippen molar-refractivity contribution >= 4 is 47.0 Å². The molecule has 3 aliphatic heterocycles. The number of amidine groups is 1. The topological polar surface area (TPSA) is 284 Å². The summed E-state index contributed by atoms with van der Waals surface area (Å²) in [6.07, 6.45) is -9.31. The minimum Gasteiger partial charge on any atom is -0.486 e. The summed E-state index contributed by atoms with van der Waals surface area (Å²) in [5, 5.41) is 64.1. The number of aliphatic hydroxyl groups is 6. The second kappa shape index (κ2) is 15.4. The van der Waals surface area contributed by atoms with Crippen LogP contribution in [0.1, 0.15) is 55.8 Å². The van der Waals surface area contributed by atoms with Gasteiger partial charge in [0.25, 0.3) is 0 Å². The molecule has 0 radical (unpaired) electrons. The van der Waals surface area contributed by atoms with E-state index in [1.54, 1.807) is 41.3 Å². The molecule has 7 rings (SSSR count). The number of ketones is 2. The molecule has 292 valence electrons. The molecular weight excluding hydrogens is 734 g/mol. The lowest BCUT2D eigenvalue weighted by Gasteiger charge is -2.47. The molecule has 56 heavy (non-hydrogen) atoms. The summed E-state index contributed by atoms with van der Waals surface area (Å²) in [6.45, 7) is -2.16. The van der Waals surface area contributed by atoms with Crippen molar-refractivity contribution in [3.63, 3.8) is 0 Å². The molecular formula is C38H37N5O13. The maximum Gasteiger partial charge on any atom is 0.302 e. The molecule has 0 spiro atoms. The maximum atomic E-state index is 14.3. The number of carbonyl (C=O) groups is 4. The van der Waals surface area contributed by atoms with Crippen LogP contribution in [-0.4, -0.2) is 135 Å². The molecule has 3 aromatic carbocycles. The van der Waals surface area contributed by atoms with Crippen LogP contribution in [0.4, 0.5) is 5.69 Å². The second-order valence-corrected chi connectivity index (χ2v) is 13.5. The Bertz CT molecular complexity index is 2210. The lowest BCUT2D eigenvalue weighted by molar-refractivity contribution is -0.323. The number of fused-ring (bicyclic) bond motifs is 3. The second-order valence-electron chi connectivity index (χ2n) is 13.5. The lowest BCUT2D eigenvalue weighted by atomic mass is 9.81. The molecule has 4 aliphatic rings. The van der Waals surface area contributed by atoms with E-state index in [1.807, 2.05) is 0 Å². The predicted octanol–water partition coefficient (Wildman–Crippen LogP) is -1.22. The van der Waals surface area contributed by atoms with Crippen LogP contribution >= 0.6 is 0 Å². The van der Waals surface area contributed by atoms with Crippen molar-refractivity contribution in [2.75, 3.05) is 31.4 Å². The molecule has 18 nitrogen and oxygen atoms in total. The Kier molecular flexibility index (Phi) is 10.6. The van der Waals surface area contributed by atoms with Gasteiger partial charge in [-0.05, 0) is 17.7 Å². The van der Waals surface area contributed by atoms with Gasteiger partial charge in [0.2, 0.25) is 12.2 Å². The van der Waals surface area contributed by atoms with E-state index in [0.717, 1.165) is 0 Å². The quantitative estimate of drug-likeness (QED) is 0.0785. The highest BCUT2D eigenvalue weighted by atomic mass is 16.7. The molecule has 0 saturated carbocycles. The van der Waals surface area contributed by atoms with Crippen LogP contribution in [0.5, 0.6) is 11.5 Å². The third-order valence-corrected chi connectivity index (χ3v) is 9.97. The van der Waals surface area contributed by atoms with Crippen molar-refractivity contribution in [2.24, 2.45) is 20.7 Å². The minimum atomic E-state index is -2.53. The number of hydrogen-bond acceptors (Lipinski definition) is 17. The Morgan fingerprint density at radius 3 is 2.41 bits per heavy atom. The van der Waals surface area contributed by atoms with Gasteiger partial charge in [-0.15, -0.1) is 0 Å². The highest BCUT2D eigenvalue weighted by Crippen LogP contribution is 2.46. The number of benzene rings is 3. The van der Waals surface area contributed by atoms with Gasteiger partial charge in [0, 0.05) is 53.8 Å². The van der Waals surface area contributed by atoms with Crippen molar-refractivity contribution < 1.29 is 64.0 Å². The zero-order chi connectivity index (χ0) is 39.9. The van der Waals surface area contributed by atoms with Crippen molar-refractivity contribution in [3.05, 3.63) is 88.0 Å². The first-order valence-corrected chi connectivity index (χ1v) is 17.5. The number of anilines is 1. The van der Waals surface area contributed by atoms with Gasteiger partial charge >= 0.3 is 5.91 Å². The maximum absolute atomic E-state index is 14.3. The van der Waals surface area contributed by atoms with E-state index in [2.05, 4.69) is 15.0 Å². The molecule has 18 heteroatoms. The summed E-state index contributed by atoms with van der Waals surface area (Å²) < 4.78 is 18.3. The third-order valence-electron chi connectivity index (χ3n) is 9.97. The number of ether oxygens (including phenoxy) is 3. The lowest BCUT2D eigenvalue weighted by Crippen LogP contribution is -2.68. The summed E-state index contributed by atoms with van der Waals surface area (Å²) >= 11 is 0. The largest absolute Gasteiger partial charge is 0.486 e. The fourth-order valence-electron chi connectivity index (χ4n) is 7.14. The van der Waals surface area contributed by atoms with Crippen LogP contribution in [0.15, 0.2) is 69.6 Å². The van der Waals surface area contributed by atoms with E-state index >= 15 is 0 Å². The Labute approximate surface area is 317 Å². The Balaban J connectivity index is 1.43. The first-order valence-electron chi connectivity index (χ1n) is 17.5. The summed E-state index contributed by atoms with van der Waals surface area (Å²) in [5.41, 5.74) is 4.18. The van der Waals surface area contributed by atoms with Crippen LogP contribution in [0.25, 0.3) is 0 Å². The van der Waals surface area contributed by atoms with Crippen molar-refractivity contribution in [2.45, 2.75) is 55.6 Å². The highest BCUT2D eigenvalue weighted by molar-refractivity contribution is 6.72. The number of aliphatic imine (C=N–C) groups is 3. The van der Waals surface area contributed by atoms with Crippen LogP contribution in [0, 0.1) is 0 Å². The molecule has 1 fully saturated rings. The minimum absolute atomic E-state index is 0.00375. The van der Waals surface area contributed by atoms with E-state index in [1.165, 1.54) is 18.2 Å². The zero-order valence-corrected chi connectivity index (χ0v) is 29.5. The van der Waals surface area contributed by atoms with Crippen LogP contribution in [0.2, 0.25) is 0 Å². The summed E-state index contributed by atoms with van der Waals surface area (Å²) in [6, 6.07) is 14.4. The summed E-state index contributed by atoms with van der Waals surface area (Å²) in [4.78, 5) is 66.2. The predicted molar refractivity (Wildman–Crippen MR) is 195 cm³/mol. The van der Waals surface area contributed by atoms with Crippen LogP contribution in [0.3, 0.4) is 0 Å². The monoisotopic (exact) mass is 771 g/mol. The van der Waals surface area contributed by atoms with E-state index in [9.17, 15) is 49.8 Å². The van der Waals surface area contributed by atoms with Gasteiger partial charge in [0.15, 0.2) is 40.2 Å². The average Bonchev–Trinajstić information content (AvgIpc) is 3.61. The van der Waals surface area contributed by atoms with E-state index in [4.69, 9.17) is 19.9 Å². The van der Waals surface area contributed by atoms with Gasteiger partial charge in [-0.25, -0.2) is 0 Å². The summed E-state index contributed by atoms with van der Waals surface area (Å²) in [7, 11) is 0. The van der Waals surface area contributed by atoms with E-state index < -0.39 is 80.0 Å².